The third-order valence-corrected chi connectivity index (χ3v) is 8.18. The zero-order valence-corrected chi connectivity index (χ0v) is 27.5. The molecule has 0 aromatic heterocycles. The summed E-state index contributed by atoms with van der Waals surface area (Å²) in [6, 6.07) is 9.67. The number of likely N-dealkylation sites (tertiary alicyclic amines) is 1. The first-order chi connectivity index (χ1) is 23.3. The summed E-state index contributed by atoms with van der Waals surface area (Å²) < 4.78 is 5.15. The molecule has 1 fully saturated rings. The predicted molar refractivity (Wildman–Crippen MR) is 176 cm³/mol. The lowest BCUT2D eigenvalue weighted by Crippen LogP contribution is -2.58. The molecule has 5 N–H and O–H groups in total. The van der Waals surface area contributed by atoms with Crippen LogP contribution in [0.1, 0.15) is 58.4 Å². The first-order valence-electron chi connectivity index (χ1n) is 16.0. The van der Waals surface area contributed by atoms with Gasteiger partial charge in [0.1, 0.15) is 30.8 Å². The summed E-state index contributed by atoms with van der Waals surface area (Å²) in [6.45, 7) is 5.16. The van der Waals surface area contributed by atoms with Crippen molar-refractivity contribution in [1.29, 1.82) is 0 Å². The van der Waals surface area contributed by atoms with Crippen molar-refractivity contribution in [2.24, 2.45) is 5.92 Å². The van der Waals surface area contributed by atoms with Crippen LogP contribution in [0.15, 0.2) is 54.6 Å². The monoisotopic (exact) mass is 682 g/mol. The van der Waals surface area contributed by atoms with Crippen molar-refractivity contribution in [2.75, 3.05) is 11.9 Å². The maximum Gasteiger partial charge on any atom is 0.408 e. The number of amides is 5. The zero-order chi connectivity index (χ0) is 36.1. The predicted octanol–water partition coefficient (Wildman–Crippen LogP) is 2.72. The van der Waals surface area contributed by atoms with Crippen LogP contribution in [0, 0.1) is 16.0 Å². The molecule has 2 aromatic rings. The number of nitrogens with zero attached hydrogens (tertiary/aromatic N) is 2. The number of non-ortho nitro benzene ring substituents is 1. The van der Waals surface area contributed by atoms with E-state index in [-0.39, 0.29) is 31.2 Å². The van der Waals surface area contributed by atoms with Crippen molar-refractivity contribution in [3.63, 3.8) is 0 Å². The summed E-state index contributed by atoms with van der Waals surface area (Å²) in [5.41, 5.74) is 0.888. The molecule has 3 rings (SSSR count). The number of anilines is 1. The van der Waals surface area contributed by atoms with Crippen molar-refractivity contribution in [3.8, 4) is 0 Å². The van der Waals surface area contributed by atoms with Crippen LogP contribution in [0.25, 0.3) is 0 Å². The lowest BCUT2D eigenvalue weighted by Gasteiger charge is -2.32. The average molecular weight is 683 g/mol. The number of ether oxygens (including phenoxy) is 1. The van der Waals surface area contributed by atoms with Crippen LogP contribution >= 0.6 is 0 Å². The molecular weight excluding hydrogens is 640 g/mol. The third kappa shape index (κ3) is 11.3. The summed E-state index contributed by atoms with van der Waals surface area (Å²) >= 11 is 0. The van der Waals surface area contributed by atoms with Gasteiger partial charge in [-0.05, 0) is 49.8 Å². The maximum absolute atomic E-state index is 13.8. The number of benzene rings is 2. The van der Waals surface area contributed by atoms with E-state index in [0.29, 0.717) is 30.5 Å². The van der Waals surface area contributed by atoms with Gasteiger partial charge >= 0.3 is 12.1 Å². The molecule has 0 spiro atoms. The molecule has 1 heterocycles. The van der Waals surface area contributed by atoms with E-state index in [1.165, 1.54) is 36.1 Å². The third-order valence-electron chi connectivity index (χ3n) is 8.18. The summed E-state index contributed by atoms with van der Waals surface area (Å²) in [5.74, 6) is -4.04. The second-order valence-corrected chi connectivity index (χ2v) is 11.8. The molecule has 264 valence electrons. The van der Waals surface area contributed by atoms with Crippen LogP contribution < -0.4 is 21.3 Å². The van der Waals surface area contributed by atoms with Crippen LogP contribution in [0.2, 0.25) is 0 Å². The fourth-order valence-electron chi connectivity index (χ4n) is 5.16. The Kier molecular flexibility index (Phi) is 14.0. The Labute approximate surface area is 283 Å². The summed E-state index contributed by atoms with van der Waals surface area (Å²) in [6.07, 6.45) is -0.268. The van der Waals surface area contributed by atoms with Crippen LogP contribution in [0.5, 0.6) is 0 Å². The molecular formula is C33H42N6O10. The van der Waals surface area contributed by atoms with Gasteiger partial charge in [-0.3, -0.25) is 34.1 Å². The standard InChI is InChI=1S/C33H42N6O10/c1-4-20(2)28(32(45)38-18-8-11-26(38)31(44)35-23-12-14-24(15-13-23)39(47)48)37-29(42)21(3)34-30(43)25(16-17-27(40)41)36-33(46)49-19-22-9-6-5-7-10-22/h5-7,9-10,12-15,20-21,25-26,28H,4,8,11,16-19H2,1-3H3,(H,34,43)(H,35,44)(H,36,46)(H,37,42)(H,40,41). The van der Waals surface area contributed by atoms with Gasteiger partial charge in [-0.15, -0.1) is 0 Å². The molecule has 1 aliphatic rings. The highest BCUT2D eigenvalue weighted by molar-refractivity contribution is 5.99. The van der Waals surface area contributed by atoms with E-state index in [1.54, 1.807) is 37.3 Å². The normalized spacial score (nSPS) is 16.3. The van der Waals surface area contributed by atoms with Gasteiger partial charge < -0.3 is 36.0 Å². The fraction of sp³-hybridized carbons (Fsp3) is 0.455. The van der Waals surface area contributed by atoms with Gasteiger partial charge in [-0.1, -0.05) is 50.6 Å². The highest BCUT2D eigenvalue weighted by Crippen LogP contribution is 2.23. The van der Waals surface area contributed by atoms with Gasteiger partial charge in [0.15, 0.2) is 0 Å². The Balaban J connectivity index is 1.64. The molecule has 1 saturated heterocycles. The lowest BCUT2D eigenvalue weighted by atomic mass is 9.97. The number of carbonyl (C=O) groups excluding carboxylic acids is 5. The number of aliphatic carboxylic acids is 1. The average Bonchev–Trinajstić information content (AvgIpc) is 3.58. The van der Waals surface area contributed by atoms with Gasteiger partial charge in [-0.25, -0.2) is 4.79 Å². The number of rotatable bonds is 16. The molecule has 5 atom stereocenters. The molecule has 0 saturated carbocycles. The molecule has 16 nitrogen and oxygen atoms in total. The zero-order valence-electron chi connectivity index (χ0n) is 27.5. The summed E-state index contributed by atoms with van der Waals surface area (Å²) in [7, 11) is 0. The molecule has 16 heteroatoms. The molecule has 5 amide bonds. The van der Waals surface area contributed by atoms with Gasteiger partial charge in [0.05, 0.1) is 4.92 Å². The number of alkyl carbamates (subject to hydrolysis) is 1. The van der Waals surface area contributed by atoms with E-state index in [1.807, 2.05) is 6.92 Å². The number of carboxylic acid groups (broad SMARTS) is 1. The van der Waals surface area contributed by atoms with Crippen LogP contribution in [0.4, 0.5) is 16.2 Å². The minimum absolute atomic E-state index is 0.0830. The fourth-order valence-corrected chi connectivity index (χ4v) is 5.16. The number of nitro benzene ring substituents is 1. The number of hydrogen-bond donors (Lipinski definition) is 5. The lowest BCUT2D eigenvalue weighted by molar-refractivity contribution is -0.384. The smallest absolute Gasteiger partial charge is 0.408 e. The van der Waals surface area contributed by atoms with Gasteiger partial charge in [0.2, 0.25) is 23.6 Å². The Morgan fingerprint density at radius 3 is 2.27 bits per heavy atom. The van der Waals surface area contributed by atoms with Crippen molar-refractivity contribution in [2.45, 2.75) is 83.6 Å². The van der Waals surface area contributed by atoms with E-state index in [0.717, 1.165) is 0 Å². The van der Waals surface area contributed by atoms with E-state index in [2.05, 4.69) is 21.3 Å². The topological polar surface area (TPSA) is 226 Å². The van der Waals surface area contributed by atoms with Gasteiger partial charge in [0, 0.05) is 30.8 Å². The molecule has 1 aliphatic heterocycles. The molecule has 0 radical (unpaired) electrons. The van der Waals surface area contributed by atoms with Crippen molar-refractivity contribution in [3.05, 3.63) is 70.3 Å². The number of carboxylic acids is 1. The molecule has 49 heavy (non-hydrogen) atoms. The van der Waals surface area contributed by atoms with Crippen LogP contribution in [0.3, 0.4) is 0 Å². The number of nitro groups is 1. The van der Waals surface area contributed by atoms with Crippen LogP contribution in [-0.4, -0.2) is 81.3 Å². The van der Waals surface area contributed by atoms with Crippen molar-refractivity contribution < 1.29 is 43.5 Å². The second-order valence-electron chi connectivity index (χ2n) is 11.8. The molecule has 2 aromatic carbocycles. The Morgan fingerprint density at radius 1 is 0.980 bits per heavy atom. The number of nitrogens with one attached hydrogen (secondary N) is 4. The highest BCUT2D eigenvalue weighted by Gasteiger charge is 2.40. The summed E-state index contributed by atoms with van der Waals surface area (Å²) in [5, 5.41) is 30.3. The van der Waals surface area contributed by atoms with Crippen molar-refractivity contribution in [1.82, 2.24) is 20.9 Å². The van der Waals surface area contributed by atoms with Crippen LogP contribution in [-0.2, 0) is 35.3 Å². The Bertz CT molecular complexity index is 1500. The first-order valence-corrected chi connectivity index (χ1v) is 16.0. The first kappa shape index (κ1) is 37.9. The van der Waals surface area contributed by atoms with Gasteiger partial charge in [-0.2, -0.15) is 0 Å². The Morgan fingerprint density at radius 2 is 1.65 bits per heavy atom. The Hall–Kier alpha value is -5.54. The highest BCUT2D eigenvalue weighted by atomic mass is 16.6. The maximum atomic E-state index is 13.8. The summed E-state index contributed by atoms with van der Waals surface area (Å²) in [4.78, 5) is 88.8. The number of carbonyl (C=O) groups is 6. The largest absolute Gasteiger partial charge is 0.481 e. The minimum Gasteiger partial charge on any atom is -0.481 e. The van der Waals surface area contributed by atoms with E-state index in [9.17, 15) is 38.9 Å². The molecule has 0 bridgehead atoms. The number of hydrogen-bond acceptors (Lipinski definition) is 9. The second kappa shape index (κ2) is 18.1. The van der Waals surface area contributed by atoms with E-state index >= 15 is 0 Å². The molecule has 0 aliphatic carbocycles. The molecule has 5 unspecified atom stereocenters. The van der Waals surface area contributed by atoms with E-state index in [4.69, 9.17) is 9.84 Å². The minimum atomic E-state index is -1.33. The quantitative estimate of drug-likeness (QED) is 0.128. The van der Waals surface area contributed by atoms with Crippen molar-refractivity contribution >= 4 is 47.1 Å². The SMILES string of the molecule is CCC(C)C(NC(=O)C(C)NC(=O)C(CCC(=O)O)NC(=O)OCc1ccccc1)C(=O)N1CCCC1C(=O)Nc1ccc([N+](=O)[O-])cc1. The van der Waals surface area contributed by atoms with E-state index < -0.39 is 71.2 Å². The van der Waals surface area contributed by atoms with Gasteiger partial charge in [0.25, 0.3) is 5.69 Å².